The van der Waals surface area contributed by atoms with Gasteiger partial charge in [-0.15, -0.1) is 0 Å². The zero-order chi connectivity index (χ0) is 23.5. The zero-order valence-corrected chi connectivity index (χ0v) is 19.2. The van der Waals surface area contributed by atoms with E-state index in [1.807, 2.05) is 24.5 Å². The van der Waals surface area contributed by atoms with Crippen LogP contribution in [0.25, 0.3) is 33.5 Å². The fraction of sp³-hybridized carbons (Fsp3) is 0.292. The van der Waals surface area contributed by atoms with E-state index in [2.05, 4.69) is 53.2 Å². The lowest BCUT2D eigenvalue weighted by atomic mass is 10.0. The highest BCUT2D eigenvalue weighted by Crippen LogP contribution is 2.33. The number of imidazole rings is 1. The van der Waals surface area contributed by atoms with Gasteiger partial charge in [-0.2, -0.15) is 0 Å². The Labute approximate surface area is 197 Å². The minimum Gasteiger partial charge on any atom is -0.450 e. The normalized spacial score (nSPS) is 14.4. The van der Waals surface area contributed by atoms with Crippen LogP contribution in [0.15, 0.2) is 49.1 Å². The molecule has 0 atom stereocenters. The lowest BCUT2D eigenvalue weighted by Gasteiger charge is -2.34. The number of amides is 1. The first-order valence-corrected chi connectivity index (χ1v) is 11.2. The topological polar surface area (TPSA) is 112 Å². The van der Waals surface area contributed by atoms with Crippen LogP contribution in [0.1, 0.15) is 6.92 Å². The molecular weight excluding hydrogens is 432 g/mol. The van der Waals surface area contributed by atoms with Crippen molar-refractivity contribution in [2.75, 3.05) is 50.1 Å². The van der Waals surface area contributed by atoms with E-state index in [-0.39, 0.29) is 6.61 Å². The van der Waals surface area contributed by atoms with Crippen molar-refractivity contribution in [3.63, 3.8) is 0 Å². The molecule has 1 saturated heterocycles. The number of piperazine rings is 1. The number of H-pyrrole nitrogens is 1. The number of nitrogens with one attached hydrogen (secondary N) is 2. The summed E-state index contributed by atoms with van der Waals surface area (Å²) in [6.07, 6.45) is 6.59. The Bertz CT molecular complexity index is 1300. The van der Waals surface area contributed by atoms with Crippen LogP contribution in [-0.4, -0.2) is 75.7 Å². The lowest BCUT2D eigenvalue weighted by molar-refractivity contribution is 0.167. The number of carbonyl (C=O) groups excluding carboxylic acids is 1. The van der Waals surface area contributed by atoms with Crippen molar-refractivity contribution in [1.82, 2.24) is 29.8 Å². The summed E-state index contributed by atoms with van der Waals surface area (Å²) < 4.78 is 4.98. The Morgan fingerprint density at radius 3 is 2.65 bits per heavy atom. The second-order valence-electron chi connectivity index (χ2n) is 8.14. The fourth-order valence-electron chi connectivity index (χ4n) is 4.04. The molecule has 0 saturated carbocycles. The van der Waals surface area contributed by atoms with E-state index >= 15 is 0 Å². The number of pyridine rings is 1. The van der Waals surface area contributed by atoms with Crippen LogP contribution in [0, 0.1) is 0 Å². The Hall–Kier alpha value is -4.05. The summed E-state index contributed by atoms with van der Waals surface area (Å²) >= 11 is 0. The van der Waals surface area contributed by atoms with Crippen molar-refractivity contribution in [3.8, 4) is 22.5 Å². The molecule has 10 heteroatoms. The minimum atomic E-state index is -0.566. The van der Waals surface area contributed by atoms with Gasteiger partial charge in [-0.1, -0.05) is 0 Å². The van der Waals surface area contributed by atoms with Gasteiger partial charge in [0.1, 0.15) is 0 Å². The third kappa shape index (κ3) is 4.53. The van der Waals surface area contributed by atoms with Crippen molar-refractivity contribution in [2.45, 2.75) is 6.92 Å². The van der Waals surface area contributed by atoms with Gasteiger partial charge >= 0.3 is 6.09 Å². The van der Waals surface area contributed by atoms with Gasteiger partial charge in [0, 0.05) is 55.9 Å². The Morgan fingerprint density at radius 1 is 1.09 bits per heavy atom. The van der Waals surface area contributed by atoms with Gasteiger partial charge in [0.15, 0.2) is 5.82 Å². The summed E-state index contributed by atoms with van der Waals surface area (Å²) in [6.45, 7) is 6.00. The molecule has 34 heavy (non-hydrogen) atoms. The van der Waals surface area contributed by atoms with E-state index in [1.165, 1.54) is 0 Å². The zero-order valence-electron chi connectivity index (χ0n) is 19.2. The van der Waals surface area contributed by atoms with Gasteiger partial charge in [0.05, 0.1) is 29.5 Å². The fourth-order valence-corrected chi connectivity index (χ4v) is 4.04. The predicted molar refractivity (Wildman–Crippen MR) is 131 cm³/mol. The highest BCUT2D eigenvalue weighted by molar-refractivity contribution is 5.97. The summed E-state index contributed by atoms with van der Waals surface area (Å²) in [5, 5.41) is 2.63. The van der Waals surface area contributed by atoms with Crippen LogP contribution >= 0.6 is 0 Å². The molecule has 1 aliphatic rings. The molecule has 2 N–H and O–H groups in total. The Kier molecular flexibility index (Phi) is 6.05. The Balaban J connectivity index is 1.56. The molecule has 3 aromatic heterocycles. The van der Waals surface area contributed by atoms with Crippen molar-refractivity contribution in [3.05, 3.63) is 49.1 Å². The molecule has 1 aliphatic heterocycles. The summed E-state index contributed by atoms with van der Waals surface area (Å²) in [4.78, 5) is 37.7. The first-order chi connectivity index (χ1) is 16.6. The molecule has 0 bridgehead atoms. The monoisotopic (exact) mass is 458 g/mol. The van der Waals surface area contributed by atoms with E-state index in [9.17, 15) is 4.79 Å². The second-order valence-corrected chi connectivity index (χ2v) is 8.14. The molecule has 1 aromatic carbocycles. The van der Waals surface area contributed by atoms with Crippen molar-refractivity contribution >= 4 is 28.8 Å². The van der Waals surface area contributed by atoms with Crippen LogP contribution in [0.4, 0.5) is 16.4 Å². The molecule has 10 nitrogen and oxygen atoms in total. The molecular formula is C24H26N8O2. The van der Waals surface area contributed by atoms with Crippen LogP contribution < -0.4 is 10.2 Å². The van der Waals surface area contributed by atoms with Gasteiger partial charge < -0.3 is 19.5 Å². The molecule has 5 rings (SSSR count). The number of fused-ring (bicyclic) bond motifs is 1. The lowest BCUT2D eigenvalue weighted by Crippen LogP contribution is -2.44. The largest absolute Gasteiger partial charge is 0.450 e. The number of aromatic nitrogens is 5. The van der Waals surface area contributed by atoms with E-state index in [1.54, 1.807) is 25.4 Å². The van der Waals surface area contributed by atoms with Crippen LogP contribution in [0.2, 0.25) is 0 Å². The molecule has 1 amide bonds. The maximum absolute atomic E-state index is 11.9. The maximum Gasteiger partial charge on any atom is 0.413 e. The number of aromatic amines is 1. The van der Waals surface area contributed by atoms with Gasteiger partial charge in [-0.25, -0.2) is 19.7 Å². The van der Waals surface area contributed by atoms with Gasteiger partial charge in [-0.3, -0.25) is 10.3 Å². The number of benzene rings is 1. The molecule has 0 aliphatic carbocycles. The number of anilines is 2. The first kappa shape index (κ1) is 21.8. The van der Waals surface area contributed by atoms with Crippen molar-refractivity contribution in [1.29, 1.82) is 0 Å². The highest BCUT2D eigenvalue weighted by atomic mass is 16.5. The van der Waals surface area contributed by atoms with E-state index in [4.69, 9.17) is 4.74 Å². The second kappa shape index (κ2) is 9.44. The third-order valence-electron chi connectivity index (χ3n) is 5.82. The van der Waals surface area contributed by atoms with E-state index in [0.29, 0.717) is 17.3 Å². The molecule has 0 unspecified atom stereocenters. The number of carbonyl (C=O) groups is 1. The average molecular weight is 459 g/mol. The molecule has 4 heterocycles. The number of likely N-dealkylation sites (N-methyl/N-ethyl adjacent to an activating group) is 1. The average Bonchev–Trinajstić information content (AvgIpc) is 3.27. The number of rotatable bonds is 5. The van der Waals surface area contributed by atoms with Gasteiger partial charge in [0.25, 0.3) is 0 Å². The molecule has 0 spiro atoms. The predicted octanol–water partition coefficient (Wildman–Crippen LogP) is 3.40. The van der Waals surface area contributed by atoms with Gasteiger partial charge in [-0.05, 0) is 43.8 Å². The summed E-state index contributed by atoms with van der Waals surface area (Å²) in [6, 6.07) is 7.92. The Morgan fingerprint density at radius 2 is 1.88 bits per heavy atom. The number of hydrogen-bond acceptors (Lipinski definition) is 8. The third-order valence-corrected chi connectivity index (χ3v) is 5.82. The summed E-state index contributed by atoms with van der Waals surface area (Å²) in [5.74, 6) is 0.857. The molecule has 4 aromatic rings. The van der Waals surface area contributed by atoms with Crippen LogP contribution in [0.3, 0.4) is 0 Å². The van der Waals surface area contributed by atoms with Gasteiger partial charge in [0.2, 0.25) is 5.95 Å². The molecule has 0 radical (unpaired) electrons. The summed E-state index contributed by atoms with van der Waals surface area (Å²) in [5.41, 5.74) is 5.19. The highest BCUT2D eigenvalue weighted by Gasteiger charge is 2.18. The molecule has 1 fully saturated rings. The minimum absolute atomic E-state index is 0.274. The number of hydrogen-bond donors (Lipinski definition) is 2. The van der Waals surface area contributed by atoms with Crippen LogP contribution in [-0.2, 0) is 4.74 Å². The first-order valence-electron chi connectivity index (χ1n) is 11.2. The molecule has 174 valence electrons. The SMILES string of the molecule is CCOC(=O)Nc1nc2cc(-c3cncc(N4CCN(C)CC4)c3)cc(-c3ncccn3)c2[nH]1. The van der Waals surface area contributed by atoms with Crippen molar-refractivity contribution < 1.29 is 9.53 Å². The maximum atomic E-state index is 11.9. The standard InChI is InChI=1S/C24H26N8O2/c1-3-34-24(33)30-23-28-20-13-16(12-19(21(20)29-23)22-26-5-4-6-27-22)17-11-18(15-25-14-17)32-9-7-31(2)8-10-32/h4-6,11-15H,3,7-10H2,1-2H3,(H2,28,29,30,33). The van der Waals surface area contributed by atoms with E-state index in [0.717, 1.165) is 54.1 Å². The number of nitrogens with zero attached hydrogens (tertiary/aromatic N) is 6. The van der Waals surface area contributed by atoms with Crippen LogP contribution in [0.5, 0.6) is 0 Å². The quantitative estimate of drug-likeness (QED) is 0.468. The van der Waals surface area contributed by atoms with E-state index < -0.39 is 6.09 Å². The summed E-state index contributed by atoms with van der Waals surface area (Å²) in [7, 11) is 2.14. The smallest absolute Gasteiger partial charge is 0.413 e. The van der Waals surface area contributed by atoms with Crippen molar-refractivity contribution in [2.24, 2.45) is 0 Å². The number of ether oxygens (including phenoxy) is 1.